The summed E-state index contributed by atoms with van der Waals surface area (Å²) in [4.78, 5) is 17.8. The van der Waals surface area contributed by atoms with E-state index < -0.39 is 5.41 Å². The highest BCUT2D eigenvalue weighted by atomic mass is 32.2. The maximum atomic E-state index is 5.11. The largest absolute Gasteiger partial charge is 0.309 e. The molecule has 0 atom stereocenters. The average molecular weight is 795 g/mol. The number of hydrogen-bond acceptors (Lipinski definition) is 4. The van der Waals surface area contributed by atoms with Crippen LogP contribution in [0.15, 0.2) is 216 Å². The molecule has 11 aromatic rings. The standard InChI is InChI=1S/C56H34N4S/c1-3-17-36(18-4-1)53-57-54(37-19-5-2-6-20-37)59-55(58-53)38-21-15-22-39(34-38)60-47-32-30-35-16-7-8-23-40(35)50(47)51-48(60)33-31-46-52(51)61-49-29-14-13-28-45(49)56(46)43-26-11-9-24-41(43)42-25-10-12-27-44(42)56/h1-34H. The molecular weight excluding hydrogens is 761 g/mol. The van der Waals surface area contributed by atoms with Gasteiger partial charge in [0.25, 0.3) is 0 Å². The van der Waals surface area contributed by atoms with Gasteiger partial charge in [0, 0.05) is 42.9 Å². The molecule has 0 bridgehead atoms. The first kappa shape index (κ1) is 34.3. The number of aromatic nitrogens is 4. The fourth-order valence-electron chi connectivity index (χ4n) is 10.2. The zero-order chi connectivity index (χ0) is 40.1. The molecule has 0 fully saturated rings. The highest BCUT2D eigenvalue weighted by Gasteiger charge is 2.50. The number of nitrogens with zero attached hydrogens (tertiary/aromatic N) is 4. The summed E-state index contributed by atoms with van der Waals surface area (Å²) in [6.07, 6.45) is 0. The predicted octanol–water partition coefficient (Wildman–Crippen LogP) is 14.0. The van der Waals surface area contributed by atoms with Crippen molar-refractivity contribution < 1.29 is 0 Å². The highest BCUT2D eigenvalue weighted by molar-refractivity contribution is 7.99. The Morgan fingerprint density at radius 2 is 0.934 bits per heavy atom. The van der Waals surface area contributed by atoms with Crippen molar-refractivity contribution in [1.82, 2.24) is 19.5 Å². The van der Waals surface area contributed by atoms with Crippen LogP contribution in [-0.2, 0) is 5.41 Å². The van der Waals surface area contributed by atoms with Gasteiger partial charge in [-0.15, -0.1) is 0 Å². The summed E-state index contributed by atoms with van der Waals surface area (Å²) in [5.74, 6) is 1.92. The second-order valence-corrected chi connectivity index (χ2v) is 16.9. The molecule has 1 aliphatic carbocycles. The molecule has 9 aromatic carbocycles. The van der Waals surface area contributed by atoms with Gasteiger partial charge in [-0.3, -0.25) is 0 Å². The molecule has 61 heavy (non-hydrogen) atoms. The lowest BCUT2D eigenvalue weighted by Gasteiger charge is -2.40. The molecule has 4 nitrogen and oxygen atoms in total. The Balaban J connectivity index is 1.10. The van der Waals surface area contributed by atoms with Crippen LogP contribution in [0.2, 0.25) is 0 Å². The summed E-state index contributed by atoms with van der Waals surface area (Å²) in [6, 6.07) is 74.4. The zero-order valence-corrected chi connectivity index (χ0v) is 33.6. The molecule has 1 aliphatic heterocycles. The van der Waals surface area contributed by atoms with Crippen LogP contribution in [0, 0.1) is 0 Å². The Bertz CT molecular complexity index is 3470. The van der Waals surface area contributed by atoms with E-state index in [2.05, 4.69) is 174 Å². The van der Waals surface area contributed by atoms with Gasteiger partial charge in [0.2, 0.25) is 0 Å². The molecule has 1 spiro atoms. The van der Waals surface area contributed by atoms with E-state index in [-0.39, 0.29) is 0 Å². The lowest BCUT2D eigenvalue weighted by molar-refractivity contribution is 0.726. The van der Waals surface area contributed by atoms with Crippen molar-refractivity contribution in [3.63, 3.8) is 0 Å². The van der Waals surface area contributed by atoms with Crippen molar-refractivity contribution in [2.24, 2.45) is 0 Å². The summed E-state index contributed by atoms with van der Waals surface area (Å²) in [5, 5.41) is 5.00. The van der Waals surface area contributed by atoms with Gasteiger partial charge >= 0.3 is 0 Å². The Labute approximate surface area is 356 Å². The van der Waals surface area contributed by atoms with E-state index in [1.807, 2.05) is 48.2 Å². The van der Waals surface area contributed by atoms with Crippen molar-refractivity contribution in [2.75, 3.05) is 0 Å². The third-order valence-corrected chi connectivity index (χ3v) is 13.9. The number of hydrogen-bond donors (Lipinski definition) is 0. The first-order valence-electron chi connectivity index (χ1n) is 20.7. The van der Waals surface area contributed by atoms with Gasteiger partial charge in [0.15, 0.2) is 17.5 Å². The molecular formula is C56H34N4S. The van der Waals surface area contributed by atoms with Gasteiger partial charge in [0.05, 0.1) is 16.4 Å². The Hall–Kier alpha value is -7.60. The number of benzene rings is 9. The van der Waals surface area contributed by atoms with Crippen molar-refractivity contribution >= 4 is 44.3 Å². The van der Waals surface area contributed by atoms with Gasteiger partial charge in [-0.2, -0.15) is 0 Å². The average Bonchev–Trinajstić information content (AvgIpc) is 3.84. The molecule has 0 unspecified atom stereocenters. The molecule has 0 saturated heterocycles. The first-order valence-corrected chi connectivity index (χ1v) is 21.5. The SMILES string of the molecule is c1ccc(-c2nc(-c3ccccc3)nc(-c3cccc(-n4c5ccc6c(c5c5c7ccccc7ccc54)Sc4ccccc4C64c5ccccc5-c5ccccc54)c3)n2)cc1. The number of rotatable bonds is 4. The molecule has 5 heteroatoms. The van der Waals surface area contributed by atoms with Gasteiger partial charge in [-0.25, -0.2) is 15.0 Å². The van der Waals surface area contributed by atoms with Crippen LogP contribution in [0.4, 0.5) is 0 Å². The van der Waals surface area contributed by atoms with E-state index in [0.717, 1.165) is 33.4 Å². The van der Waals surface area contributed by atoms with Crippen LogP contribution in [-0.4, -0.2) is 19.5 Å². The lowest BCUT2D eigenvalue weighted by Crippen LogP contribution is -2.32. The smallest absolute Gasteiger partial charge is 0.164 e. The van der Waals surface area contributed by atoms with Gasteiger partial charge in [0.1, 0.15) is 0 Å². The van der Waals surface area contributed by atoms with Crippen LogP contribution < -0.4 is 0 Å². The minimum Gasteiger partial charge on any atom is -0.309 e. The second kappa shape index (κ2) is 13.2. The third-order valence-electron chi connectivity index (χ3n) is 12.7. The zero-order valence-electron chi connectivity index (χ0n) is 32.8. The minimum atomic E-state index is -0.469. The molecule has 0 N–H and O–H groups in total. The Morgan fingerprint density at radius 1 is 0.393 bits per heavy atom. The van der Waals surface area contributed by atoms with Crippen LogP contribution >= 0.6 is 11.8 Å². The van der Waals surface area contributed by atoms with E-state index in [1.54, 1.807) is 0 Å². The molecule has 13 rings (SSSR count). The van der Waals surface area contributed by atoms with Crippen LogP contribution in [0.5, 0.6) is 0 Å². The molecule has 3 heterocycles. The first-order chi connectivity index (χ1) is 30.3. The van der Waals surface area contributed by atoms with E-state index in [9.17, 15) is 0 Å². The second-order valence-electron chi connectivity index (χ2n) is 15.9. The third kappa shape index (κ3) is 4.92. The van der Waals surface area contributed by atoms with E-state index in [4.69, 9.17) is 15.0 Å². The minimum absolute atomic E-state index is 0.469. The summed E-state index contributed by atoms with van der Waals surface area (Å²) >= 11 is 1.91. The topological polar surface area (TPSA) is 43.6 Å². The van der Waals surface area contributed by atoms with Crippen molar-refractivity contribution in [1.29, 1.82) is 0 Å². The summed E-state index contributed by atoms with van der Waals surface area (Å²) in [6.45, 7) is 0. The van der Waals surface area contributed by atoms with Gasteiger partial charge < -0.3 is 4.57 Å². The van der Waals surface area contributed by atoms with E-state index >= 15 is 0 Å². The van der Waals surface area contributed by atoms with Crippen LogP contribution in [0.1, 0.15) is 22.3 Å². The van der Waals surface area contributed by atoms with Crippen molar-refractivity contribution in [2.45, 2.75) is 15.2 Å². The lowest BCUT2D eigenvalue weighted by atomic mass is 9.67. The van der Waals surface area contributed by atoms with Crippen LogP contribution in [0.25, 0.3) is 83.6 Å². The summed E-state index contributed by atoms with van der Waals surface area (Å²) in [5.41, 5.74) is 13.7. The van der Waals surface area contributed by atoms with Crippen molar-refractivity contribution in [3.05, 3.63) is 229 Å². The normalized spacial score (nSPS) is 13.3. The monoisotopic (exact) mass is 794 g/mol. The molecule has 0 saturated carbocycles. The summed E-state index contributed by atoms with van der Waals surface area (Å²) in [7, 11) is 0. The quantitative estimate of drug-likeness (QED) is 0.178. The fourth-order valence-corrected chi connectivity index (χ4v) is 11.5. The molecule has 0 radical (unpaired) electrons. The molecule has 2 aromatic heterocycles. The Morgan fingerprint density at radius 3 is 1.64 bits per heavy atom. The maximum Gasteiger partial charge on any atom is 0.164 e. The predicted molar refractivity (Wildman–Crippen MR) is 249 cm³/mol. The van der Waals surface area contributed by atoms with Gasteiger partial charge in [-0.05, 0) is 74.5 Å². The Kier molecular flexibility index (Phi) is 7.42. The highest BCUT2D eigenvalue weighted by Crippen LogP contribution is 2.63. The maximum absolute atomic E-state index is 5.11. The molecule has 0 amide bonds. The summed E-state index contributed by atoms with van der Waals surface area (Å²) < 4.78 is 2.45. The van der Waals surface area contributed by atoms with Crippen molar-refractivity contribution in [3.8, 4) is 51.0 Å². The molecule has 284 valence electrons. The van der Waals surface area contributed by atoms with E-state index in [0.29, 0.717) is 17.5 Å². The van der Waals surface area contributed by atoms with Gasteiger partial charge in [-0.1, -0.05) is 188 Å². The van der Waals surface area contributed by atoms with Crippen LogP contribution in [0.3, 0.4) is 0 Å². The fraction of sp³-hybridized carbons (Fsp3) is 0.0179. The van der Waals surface area contributed by atoms with E-state index in [1.165, 1.54) is 64.7 Å². The molecule has 2 aliphatic rings. The number of fused-ring (bicyclic) bond motifs is 15.